The van der Waals surface area contributed by atoms with Crippen LogP contribution < -0.4 is 10.1 Å². The predicted octanol–water partition coefficient (Wildman–Crippen LogP) is 4.39. The molecule has 0 saturated carbocycles. The molecule has 0 radical (unpaired) electrons. The Kier molecular flexibility index (Phi) is 6.39. The van der Waals surface area contributed by atoms with E-state index in [4.69, 9.17) is 4.74 Å². The topological polar surface area (TPSA) is 34.1 Å². The molecule has 4 heteroatoms. The Labute approximate surface area is 143 Å². The fraction of sp³-hybridized carbons (Fsp3) is 0.211. The molecule has 0 aliphatic carbocycles. The number of benzene rings is 2. The normalized spacial score (nSPS) is 11.7. The lowest BCUT2D eigenvalue weighted by molar-refractivity contribution is 0.197. The van der Waals surface area contributed by atoms with Crippen LogP contribution in [0.2, 0.25) is 0 Å². The van der Waals surface area contributed by atoms with Crippen molar-refractivity contribution in [1.82, 2.24) is 10.3 Å². The van der Waals surface area contributed by atoms with E-state index in [1.54, 1.807) is 6.20 Å². The molecule has 2 aromatic carbocycles. The Morgan fingerprint density at radius 1 is 1.04 bits per heavy atom. The summed E-state index contributed by atoms with van der Waals surface area (Å²) in [5.41, 5.74) is 1.20. The summed E-state index contributed by atoms with van der Waals surface area (Å²) in [4.78, 5) is 4.18. The van der Waals surface area contributed by atoms with E-state index in [9.17, 15) is 0 Å². The SMILES string of the molecule is CNCC[C@H](Oc1cccc2cnccc12)c1ccccc1.Cl. The number of halogens is 1. The van der Waals surface area contributed by atoms with Crippen LogP contribution in [0.25, 0.3) is 10.8 Å². The Balaban J connectivity index is 0.00000192. The van der Waals surface area contributed by atoms with E-state index in [0.29, 0.717) is 0 Å². The second-order valence-electron chi connectivity index (χ2n) is 5.26. The first-order valence-corrected chi connectivity index (χ1v) is 7.57. The number of fused-ring (bicyclic) bond motifs is 1. The number of nitrogens with zero attached hydrogens (tertiary/aromatic N) is 1. The summed E-state index contributed by atoms with van der Waals surface area (Å²) in [5, 5.41) is 5.40. The first kappa shape index (κ1) is 17.3. The van der Waals surface area contributed by atoms with Crippen molar-refractivity contribution in [1.29, 1.82) is 0 Å². The second-order valence-corrected chi connectivity index (χ2v) is 5.26. The highest BCUT2D eigenvalue weighted by Gasteiger charge is 2.14. The van der Waals surface area contributed by atoms with Gasteiger partial charge in [-0.1, -0.05) is 42.5 Å². The summed E-state index contributed by atoms with van der Waals surface area (Å²) in [6.45, 7) is 0.909. The van der Waals surface area contributed by atoms with Crippen molar-refractivity contribution in [3.05, 3.63) is 72.6 Å². The third-order valence-electron chi connectivity index (χ3n) is 3.74. The maximum absolute atomic E-state index is 6.35. The van der Waals surface area contributed by atoms with Crippen LogP contribution in [0.4, 0.5) is 0 Å². The van der Waals surface area contributed by atoms with Crippen molar-refractivity contribution in [2.45, 2.75) is 12.5 Å². The zero-order valence-electron chi connectivity index (χ0n) is 13.1. The number of aromatic nitrogens is 1. The zero-order chi connectivity index (χ0) is 15.2. The van der Waals surface area contributed by atoms with Crippen LogP contribution in [0.15, 0.2) is 67.0 Å². The van der Waals surface area contributed by atoms with E-state index >= 15 is 0 Å². The van der Waals surface area contributed by atoms with Gasteiger partial charge in [-0.2, -0.15) is 0 Å². The Hall–Kier alpha value is -2.10. The first-order valence-electron chi connectivity index (χ1n) is 7.57. The average molecular weight is 329 g/mol. The Morgan fingerprint density at radius 3 is 2.65 bits per heavy atom. The minimum absolute atomic E-state index is 0. The van der Waals surface area contributed by atoms with Gasteiger partial charge in [0.05, 0.1) is 0 Å². The second kappa shape index (κ2) is 8.51. The highest BCUT2D eigenvalue weighted by atomic mass is 35.5. The molecule has 23 heavy (non-hydrogen) atoms. The van der Waals surface area contributed by atoms with E-state index < -0.39 is 0 Å². The smallest absolute Gasteiger partial charge is 0.128 e. The standard InChI is InChI=1S/C19H20N2O.ClH/c1-20-12-11-18(15-6-3-2-4-7-15)22-19-9-5-8-16-14-21-13-10-17(16)19;/h2-10,13-14,18,20H,11-12H2,1H3;1H/t18-;/m0./s1. The number of hydrogen-bond donors (Lipinski definition) is 1. The number of ether oxygens (including phenoxy) is 1. The van der Waals surface area contributed by atoms with Gasteiger partial charge < -0.3 is 10.1 Å². The molecular weight excluding hydrogens is 308 g/mol. The first-order chi connectivity index (χ1) is 10.9. The maximum Gasteiger partial charge on any atom is 0.128 e. The monoisotopic (exact) mass is 328 g/mol. The van der Waals surface area contributed by atoms with Gasteiger partial charge in [-0.05, 0) is 31.3 Å². The molecule has 120 valence electrons. The zero-order valence-corrected chi connectivity index (χ0v) is 13.9. The highest BCUT2D eigenvalue weighted by molar-refractivity contribution is 5.87. The summed E-state index contributed by atoms with van der Waals surface area (Å²) in [6, 6.07) is 18.5. The summed E-state index contributed by atoms with van der Waals surface area (Å²) < 4.78 is 6.35. The fourth-order valence-electron chi connectivity index (χ4n) is 2.59. The van der Waals surface area contributed by atoms with Crippen molar-refractivity contribution < 1.29 is 4.74 Å². The van der Waals surface area contributed by atoms with E-state index in [1.807, 2.05) is 37.5 Å². The Bertz CT molecular complexity index is 728. The van der Waals surface area contributed by atoms with Crippen molar-refractivity contribution in [3.8, 4) is 5.75 Å². The molecule has 1 heterocycles. The van der Waals surface area contributed by atoms with Crippen LogP contribution in [0.3, 0.4) is 0 Å². The van der Waals surface area contributed by atoms with E-state index in [0.717, 1.165) is 29.5 Å². The van der Waals surface area contributed by atoms with Gasteiger partial charge in [0, 0.05) is 29.6 Å². The maximum atomic E-state index is 6.35. The molecule has 0 aliphatic heterocycles. The van der Waals surface area contributed by atoms with E-state index in [1.165, 1.54) is 5.56 Å². The minimum Gasteiger partial charge on any atom is -0.485 e. The van der Waals surface area contributed by atoms with Gasteiger partial charge >= 0.3 is 0 Å². The fourth-order valence-corrected chi connectivity index (χ4v) is 2.59. The highest BCUT2D eigenvalue weighted by Crippen LogP contribution is 2.30. The van der Waals surface area contributed by atoms with Gasteiger partial charge in [0.15, 0.2) is 0 Å². The summed E-state index contributed by atoms with van der Waals surface area (Å²) >= 11 is 0. The number of hydrogen-bond acceptors (Lipinski definition) is 3. The third-order valence-corrected chi connectivity index (χ3v) is 3.74. The van der Waals surface area contributed by atoms with Crippen molar-refractivity contribution in [3.63, 3.8) is 0 Å². The van der Waals surface area contributed by atoms with Gasteiger partial charge in [0.2, 0.25) is 0 Å². The molecular formula is C19H21ClN2O. The number of pyridine rings is 1. The van der Waals surface area contributed by atoms with Gasteiger partial charge in [-0.15, -0.1) is 12.4 Å². The molecule has 1 N–H and O–H groups in total. The van der Waals surface area contributed by atoms with E-state index in [2.05, 4.69) is 40.6 Å². The van der Waals surface area contributed by atoms with Crippen LogP contribution >= 0.6 is 12.4 Å². The minimum atomic E-state index is 0. The summed E-state index contributed by atoms with van der Waals surface area (Å²) in [6.07, 6.45) is 4.63. The largest absolute Gasteiger partial charge is 0.485 e. The summed E-state index contributed by atoms with van der Waals surface area (Å²) in [7, 11) is 1.96. The van der Waals surface area contributed by atoms with Crippen molar-refractivity contribution >= 4 is 23.2 Å². The van der Waals surface area contributed by atoms with E-state index in [-0.39, 0.29) is 18.5 Å². The van der Waals surface area contributed by atoms with Gasteiger partial charge in [-0.25, -0.2) is 0 Å². The molecule has 0 bridgehead atoms. The summed E-state index contributed by atoms with van der Waals surface area (Å²) in [5.74, 6) is 0.907. The predicted molar refractivity (Wildman–Crippen MR) is 97.3 cm³/mol. The lowest BCUT2D eigenvalue weighted by Crippen LogP contribution is -2.16. The molecule has 0 spiro atoms. The van der Waals surface area contributed by atoms with Crippen LogP contribution in [0, 0.1) is 0 Å². The quantitative estimate of drug-likeness (QED) is 0.729. The molecule has 0 saturated heterocycles. The molecule has 0 unspecified atom stereocenters. The van der Waals surface area contributed by atoms with Crippen LogP contribution in [-0.4, -0.2) is 18.6 Å². The molecule has 3 rings (SSSR count). The van der Waals surface area contributed by atoms with Crippen LogP contribution in [-0.2, 0) is 0 Å². The molecule has 0 amide bonds. The van der Waals surface area contributed by atoms with Crippen LogP contribution in [0.1, 0.15) is 18.1 Å². The van der Waals surface area contributed by atoms with Gasteiger partial charge in [0.25, 0.3) is 0 Å². The molecule has 0 aliphatic rings. The number of rotatable bonds is 6. The van der Waals surface area contributed by atoms with Gasteiger partial charge in [-0.3, -0.25) is 4.98 Å². The molecule has 3 nitrogen and oxygen atoms in total. The van der Waals surface area contributed by atoms with Gasteiger partial charge in [0.1, 0.15) is 11.9 Å². The lowest BCUT2D eigenvalue weighted by Gasteiger charge is -2.20. The molecule has 3 aromatic rings. The van der Waals surface area contributed by atoms with Crippen LogP contribution in [0.5, 0.6) is 5.75 Å². The van der Waals surface area contributed by atoms with Crippen molar-refractivity contribution in [2.24, 2.45) is 0 Å². The average Bonchev–Trinajstić information content (AvgIpc) is 2.59. The Morgan fingerprint density at radius 2 is 1.87 bits per heavy atom. The number of nitrogens with one attached hydrogen (secondary N) is 1. The molecule has 1 atom stereocenters. The van der Waals surface area contributed by atoms with Crippen molar-refractivity contribution in [2.75, 3.05) is 13.6 Å². The molecule has 0 fully saturated rings. The molecule has 1 aromatic heterocycles. The third kappa shape index (κ3) is 4.21. The lowest BCUT2D eigenvalue weighted by atomic mass is 10.1.